The van der Waals surface area contributed by atoms with Crippen LogP contribution in [-0.2, 0) is 11.3 Å². The van der Waals surface area contributed by atoms with Crippen molar-refractivity contribution in [2.75, 3.05) is 10.6 Å². The van der Waals surface area contributed by atoms with Gasteiger partial charge in [-0.1, -0.05) is 36.2 Å². The van der Waals surface area contributed by atoms with E-state index in [1.54, 1.807) is 6.20 Å². The molecule has 0 radical (unpaired) electrons. The van der Waals surface area contributed by atoms with E-state index in [1.165, 1.54) is 11.1 Å². The van der Waals surface area contributed by atoms with Crippen LogP contribution in [0.5, 0.6) is 0 Å². The Kier molecular flexibility index (Phi) is 4.37. The molecule has 4 heteroatoms. The van der Waals surface area contributed by atoms with Crippen molar-refractivity contribution in [1.29, 1.82) is 0 Å². The number of benzene rings is 1. The van der Waals surface area contributed by atoms with Gasteiger partial charge in [-0.25, -0.2) is 4.98 Å². The van der Waals surface area contributed by atoms with Gasteiger partial charge in [-0.05, 0) is 37.5 Å². The van der Waals surface area contributed by atoms with E-state index in [-0.39, 0.29) is 11.8 Å². The number of carbonyl (C=O) groups excluding carboxylic acids is 1. The normalized spacial score (nSPS) is 14.2. The van der Waals surface area contributed by atoms with Gasteiger partial charge < -0.3 is 10.6 Å². The first kappa shape index (κ1) is 14.6. The van der Waals surface area contributed by atoms with Gasteiger partial charge in [0, 0.05) is 12.5 Å². The average molecular weight is 295 g/mol. The van der Waals surface area contributed by atoms with Gasteiger partial charge in [0.25, 0.3) is 0 Å². The van der Waals surface area contributed by atoms with E-state index < -0.39 is 0 Å². The Bertz CT molecular complexity index is 630. The highest BCUT2D eigenvalue weighted by Gasteiger charge is 2.25. The lowest BCUT2D eigenvalue weighted by Gasteiger charge is -2.23. The topological polar surface area (TPSA) is 54.0 Å². The van der Waals surface area contributed by atoms with Crippen molar-refractivity contribution in [1.82, 2.24) is 4.98 Å². The summed E-state index contributed by atoms with van der Waals surface area (Å²) < 4.78 is 0. The van der Waals surface area contributed by atoms with Crippen LogP contribution in [-0.4, -0.2) is 10.9 Å². The standard InChI is InChI=1S/C18H21N3O/c1-13-5-7-14(8-6-13)11-19-16-9-10-17(20-12-16)21-18(22)15-3-2-4-15/h5-10,12,15,19H,2-4,11H2,1H3,(H,20,21,22). The second kappa shape index (κ2) is 6.60. The summed E-state index contributed by atoms with van der Waals surface area (Å²) in [6, 6.07) is 12.2. The predicted octanol–water partition coefficient (Wildman–Crippen LogP) is 3.74. The Hall–Kier alpha value is -2.36. The smallest absolute Gasteiger partial charge is 0.228 e. The molecule has 1 amide bonds. The molecule has 1 heterocycles. The number of pyridine rings is 1. The fraction of sp³-hybridized carbons (Fsp3) is 0.333. The number of rotatable bonds is 5. The zero-order chi connectivity index (χ0) is 15.4. The minimum Gasteiger partial charge on any atom is -0.380 e. The van der Waals surface area contributed by atoms with Gasteiger partial charge in [0.1, 0.15) is 5.82 Å². The van der Waals surface area contributed by atoms with E-state index in [1.807, 2.05) is 12.1 Å². The highest BCUT2D eigenvalue weighted by Crippen LogP contribution is 2.27. The number of hydrogen-bond donors (Lipinski definition) is 2. The van der Waals surface area contributed by atoms with E-state index in [9.17, 15) is 4.79 Å². The number of anilines is 2. The Balaban J connectivity index is 1.52. The van der Waals surface area contributed by atoms with E-state index in [0.717, 1.165) is 31.5 Å². The minimum atomic E-state index is 0.0964. The zero-order valence-corrected chi connectivity index (χ0v) is 12.8. The number of aryl methyl sites for hydroxylation is 1. The number of aromatic nitrogens is 1. The van der Waals surface area contributed by atoms with Crippen LogP contribution < -0.4 is 10.6 Å². The summed E-state index contributed by atoms with van der Waals surface area (Å²) in [7, 11) is 0. The van der Waals surface area contributed by atoms with E-state index in [0.29, 0.717) is 5.82 Å². The lowest BCUT2D eigenvalue weighted by molar-refractivity contribution is -0.122. The molecule has 2 aromatic rings. The van der Waals surface area contributed by atoms with Crippen molar-refractivity contribution in [3.8, 4) is 0 Å². The van der Waals surface area contributed by atoms with Crippen LogP contribution in [0.3, 0.4) is 0 Å². The summed E-state index contributed by atoms with van der Waals surface area (Å²) in [5.74, 6) is 0.901. The van der Waals surface area contributed by atoms with Crippen LogP contribution in [0.1, 0.15) is 30.4 Å². The molecule has 1 aromatic carbocycles. The summed E-state index contributed by atoms with van der Waals surface area (Å²) in [5.41, 5.74) is 3.44. The van der Waals surface area contributed by atoms with Gasteiger partial charge in [-0.2, -0.15) is 0 Å². The van der Waals surface area contributed by atoms with Gasteiger partial charge >= 0.3 is 0 Å². The van der Waals surface area contributed by atoms with Crippen LogP contribution in [0.4, 0.5) is 11.5 Å². The molecule has 0 atom stereocenters. The summed E-state index contributed by atoms with van der Waals surface area (Å²) >= 11 is 0. The Morgan fingerprint density at radius 1 is 1.18 bits per heavy atom. The van der Waals surface area contributed by atoms with Gasteiger partial charge in [-0.15, -0.1) is 0 Å². The minimum absolute atomic E-state index is 0.0964. The molecule has 1 aromatic heterocycles. The van der Waals surface area contributed by atoms with Crippen molar-refractivity contribution in [3.05, 3.63) is 53.7 Å². The fourth-order valence-electron chi connectivity index (χ4n) is 2.38. The third-order valence-corrected chi connectivity index (χ3v) is 4.11. The summed E-state index contributed by atoms with van der Waals surface area (Å²) in [4.78, 5) is 16.1. The van der Waals surface area contributed by atoms with Gasteiger partial charge in [0.2, 0.25) is 5.91 Å². The molecule has 1 aliphatic rings. The number of nitrogens with one attached hydrogen (secondary N) is 2. The molecule has 0 spiro atoms. The van der Waals surface area contributed by atoms with Crippen molar-refractivity contribution >= 4 is 17.4 Å². The first-order valence-corrected chi connectivity index (χ1v) is 7.77. The second-order valence-electron chi connectivity index (χ2n) is 5.89. The fourth-order valence-corrected chi connectivity index (χ4v) is 2.38. The predicted molar refractivity (Wildman–Crippen MR) is 88.7 cm³/mol. The molecule has 0 unspecified atom stereocenters. The van der Waals surface area contributed by atoms with Crippen molar-refractivity contribution in [2.24, 2.45) is 5.92 Å². The van der Waals surface area contributed by atoms with Gasteiger partial charge in [-0.3, -0.25) is 4.79 Å². The molecule has 0 saturated heterocycles. The first-order chi connectivity index (χ1) is 10.7. The lowest BCUT2D eigenvalue weighted by atomic mass is 9.85. The molecule has 0 bridgehead atoms. The van der Waals surface area contributed by atoms with Gasteiger partial charge in [0.05, 0.1) is 11.9 Å². The Labute approximate surface area is 131 Å². The summed E-state index contributed by atoms with van der Waals surface area (Å²) in [5, 5.41) is 6.20. The highest BCUT2D eigenvalue weighted by molar-refractivity contribution is 5.92. The Morgan fingerprint density at radius 2 is 1.95 bits per heavy atom. The van der Waals surface area contributed by atoms with Crippen molar-refractivity contribution in [2.45, 2.75) is 32.7 Å². The average Bonchev–Trinajstić information content (AvgIpc) is 2.46. The molecule has 22 heavy (non-hydrogen) atoms. The summed E-state index contributed by atoms with van der Waals surface area (Å²) in [6.07, 6.45) is 4.92. The van der Waals surface area contributed by atoms with Crippen LogP contribution in [0.25, 0.3) is 0 Å². The third-order valence-electron chi connectivity index (χ3n) is 4.11. The summed E-state index contributed by atoms with van der Waals surface area (Å²) in [6.45, 7) is 2.84. The molecule has 1 aliphatic carbocycles. The van der Waals surface area contributed by atoms with Crippen molar-refractivity contribution in [3.63, 3.8) is 0 Å². The zero-order valence-electron chi connectivity index (χ0n) is 12.8. The molecule has 0 aliphatic heterocycles. The maximum absolute atomic E-state index is 11.9. The maximum atomic E-state index is 11.9. The molecule has 1 saturated carbocycles. The Morgan fingerprint density at radius 3 is 2.55 bits per heavy atom. The largest absolute Gasteiger partial charge is 0.380 e. The molecule has 3 rings (SSSR count). The van der Waals surface area contributed by atoms with Crippen LogP contribution in [0, 0.1) is 12.8 Å². The second-order valence-corrected chi connectivity index (χ2v) is 5.89. The molecule has 114 valence electrons. The number of carbonyl (C=O) groups is 1. The lowest BCUT2D eigenvalue weighted by Crippen LogP contribution is -2.28. The van der Waals surface area contributed by atoms with E-state index in [2.05, 4.69) is 46.8 Å². The third kappa shape index (κ3) is 3.64. The monoisotopic (exact) mass is 295 g/mol. The van der Waals surface area contributed by atoms with Crippen molar-refractivity contribution < 1.29 is 4.79 Å². The molecule has 1 fully saturated rings. The molecular formula is C18H21N3O. The maximum Gasteiger partial charge on any atom is 0.228 e. The van der Waals surface area contributed by atoms with E-state index >= 15 is 0 Å². The highest BCUT2D eigenvalue weighted by atomic mass is 16.2. The van der Waals surface area contributed by atoms with E-state index in [4.69, 9.17) is 0 Å². The van der Waals surface area contributed by atoms with Crippen LogP contribution in [0.15, 0.2) is 42.6 Å². The number of nitrogens with zero attached hydrogens (tertiary/aromatic N) is 1. The number of amides is 1. The van der Waals surface area contributed by atoms with Gasteiger partial charge in [0.15, 0.2) is 0 Å². The molecule has 4 nitrogen and oxygen atoms in total. The first-order valence-electron chi connectivity index (χ1n) is 7.77. The number of hydrogen-bond acceptors (Lipinski definition) is 3. The van der Waals surface area contributed by atoms with Crippen LogP contribution in [0.2, 0.25) is 0 Å². The molecule has 2 N–H and O–H groups in total. The molecular weight excluding hydrogens is 274 g/mol. The SMILES string of the molecule is Cc1ccc(CNc2ccc(NC(=O)C3CCC3)nc2)cc1. The quantitative estimate of drug-likeness (QED) is 0.883. The van der Waals surface area contributed by atoms with Crippen LogP contribution >= 0.6 is 0 Å².